The maximum Gasteiger partial charge on any atom is 0.275 e. The predicted molar refractivity (Wildman–Crippen MR) is 122 cm³/mol. The van der Waals surface area contributed by atoms with Crippen molar-refractivity contribution < 1.29 is 23.5 Å². The number of pyridine rings is 1. The maximum absolute atomic E-state index is 13.9. The molecular weight excluding hydrogens is 444 g/mol. The molecule has 0 bridgehead atoms. The number of amides is 1. The SMILES string of the molecule is CC(C)CN1C[C@@H](C)CN2C(=O)c3c(O)c(=O)c(C(=O)CCc4ccc(F)cc4F)cn3CC12. The first-order chi connectivity index (χ1) is 16.1. The highest BCUT2D eigenvalue weighted by molar-refractivity contribution is 6.00. The number of Topliss-reactive ketones (excluding diaryl/α,β-unsaturated/α-hetero) is 1. The molecule has 3 heterocycles. The minimum Gasteiger partial charge on any atom is -0.503 e. The molecule has 1 N–H and O–H groups in total. The van der Waals surface area contributed by atoms with Crippen LogP contribution in [-0.4, -0.2) is 57.0 Å². The lowest BCUT2D eigenvalue weighted by molar-refractivity contribution is -0.0318. The Morgan fingerprint density at radius 1 is 1.18 bits per heavy atom. The van der Waals surface area contributed by atoms with E-state index in [1.165, 1.54) is 16.8 Å². The Kier molecular flexibility index (Phi) is 6.58. The van der Waals surface area contributed by atoms with Gasteiger partial charge in [-0.05, 0) is 29.9 Å². The lowest BCUT2D eigenvalue weighted by atomic mass is 9.99. The number of aromatic hydroxyl groups is 1. The van der Waals surface area contributed by atoms with E-state index in [0.717, 1.165) is 25.2 Å². The highest BCUT2D eigenvalue weighted by atomic mass is 19.1. The Hall–Kier alpha value is -3.07. The van der Waals surface area contributed by atoms with Crippen LogP contribution in [0.5, 0.6) is 5.75 Å². The fourth-order valence-corrected chi connectivity index (χ4v) is 4.97. The summed E-state index contributed by atoms with van der Waals surface area (Å²) in [5, 5.41) is 10.6. The summed E-state index contributed by atoms with van der Waals surface area (Å²) in [4.78, 5) is 42.8. The zero-order chi connectivity index (χ0) is 24.7. The largest absolute Gasteiger partial charge is 0.503 e. The summed E-state index contributed by atoms with van der Waals surface area (Å²) in [6.45, 7) is 8.72. The van der Waals surface area contributed by atoms with Gasteiger partial charge in [-0.1, -0.05) is 26.8 Å². The molecule has 2 aliphatic heterocycles. The molecule has 1 saturated heterocycles. The summed E-state index contributed by atoms with van der Waals surface area (Å²) in [6.07, 6.45) is 0.873. The van der Waals surface area contributed by atoms with Crippen LogP contribution in [0.25, 0.3) is 0 Å². The number of ketones is 1. The molecule has 2 aromatic rings. The summed E-state index contributed by atoms with van der Waals surface area (Å²) in [7, 11) is 0. The number of hydrogen-bond donors (Lipinski definition) is 1. The summed E-state index contributed by atoms with van der Waals surface area (Å²) in [6, 6.07) is 3.11. The van der Waals surface area contributed by atoms with E-state index in [2.05, 4.69) is 25.7 Å². The van der Waals surface area contributed by atoms with Crippen molar-refractivity contribution in [3.05, 3.63) is 63.1 Å². The van der Waals surface area contributed by atoms with Gasteiger partial charge in [-0.25, -0.2) is 8.78 Å². The summed E-state index contributed by atoms with van der Waals surface area (Å²) >= 11 is 0. The molecule has 182 valence electrons. The van der Waals surface area contributed by atoms with E-state index in [4.69, 9.17) is 0 Å². The fourth-order valence-electron chi connectivity index (χ4n) is 4.97. The van der Waals surface area contributed by atoms with Crippen LogP contribution in [0.1, 0.15) is 53.6 Å². The van der Waals surface area contributed by atoms with Gasteiger partial charge in [-0.2, -0.15) is 0 Å². The molecule has 1 unspecified atom stereocenters. The smallest absolute Gasteiger partial charge is 0.275 e. The van der Waals surface area contributed by atoms with Crippen molar-refractivity contribution in [1.82, 2.24) is 14.4 Å². The van der Waals surface area contributed by atoms with E-state index in [0.29, 0.717) is 19.0 Å². The molecular formula is C25H29F2N3O4. The zero-order valence-corrected chi connectivity index (χ0v) is 19.6. The molecule has 0 saturated carbocycles. The molecule has 34 heavy (non-hydrogen) atoms. The first kappa shape index (κ1) is 24.1. The molecule has 0 spiro atoms. The average Bonchev–Trinajstić information content (AvgIpc) is 2.75. The molecule has 1 aromatic heterocycles. The zero-order valence-electron chi connectivity index (χ0n) is 19.6. The summed E-state index contributed by atoms with van der Waals surface area (Å²) < 4.78 is 28.5. The van der Waals surface area contributed by atoms with E-state index in [-0.39, 0.29) is 41.7 Å². The number of aryl methyl sites for hydroxylation is 1. The van der Waals surface area contributed by atoms with Crippen molar-refractivity contribution in [2.24, 2.45) is 11.8 Å². The number of benzene rings is 1. The Morgan fingerprint density at radius 2 is 1.91 bits per heavy atom. The van der Waals surface area contributed by atoms with Crippen molar-refractivity contribution in [2.45, 2.75) is 46.3 Å². The Bertz CT molecular complexity index is 1190. The van der Waals surface area contributed by atoms with Crippen LogP contribution in [0.4, 0.5) is 8.78 Å². The topological polar surface area (TPSA) is 82.8 Å². The number of rotatable bonds is 6. The lowest BCUT2D eigenvalue weighted by Gasteiger charge is -2.49. The number of nitrogens with zero attached hydrogens (tertiary/aromatic N) is 3. The second-order valence-electron chi connectivity index (χ2n) is 9.77. The van der Waals surface area contributed by atoms with Gasteiger partial charge in [0.05, 0.1) is 12.1 Å². The monoisotopic (exact) mass is 473 g/mol. The van der Waals surface area contributed by atoms with Crippen molar-refractivity contribution >= 4 is 11.7 Å². The second-order valence-corrected chi connectivity index (χ2v) is 9.77. The Balaban J connectivity index is 1.63. The molecule has 1 aromatic carbocycles. The molecule has 7 nitrogen and oxygen atoms in total. The van der Waals surface area contributed by atoms with Crippen LogP contribution in [0, 0.1) is 23.5 Å². The van der Waals surface area contributed by atoms with Crippen LogP contribution < -0.4 is 5.43 Å². The third-order valence-electron chi connectivity index (χ3n) is 6.45. The number of carbonyl (C=O) groups is 2. The van der Waals surface area contributed by atoms with Gasteiger partial charge < -0.3 is 14.6 Å². The van der Waals surface area contributed by atoms with E-state index < -0.39 is 34.5 Å². The predicted octanol–water partition coefficient (Wildman–Crippen LogP) is 3.04. The van der Waals surface area contributed by atoms with Crippen molar-refractivity contribution in [3.8, 4) is 5.75 Å². The molecule has 9 heteroatoms. The Morgan fingerprint density at radius 3 is 2.59 bits per heavy atom. The molecule has 0 aliphatic carbocycles. The standard InChI is InChI=1S/C25H29F2N3O4/c1-14(2)9-28-10-15(3)11-30-21(28)13-29-12-18(23(32)24(33)22(29)25(30)34)20(31)7-5-16-4-6-17(26)8-19(16)27/h4,6,8,12,14-15,21,33H,5,7,9-11,13H2,1-3H3/t15-,21?/m1/s1. The van der Waals surface area contributed by atoms with Crippen molar-refractivity contribution in [1.29, 1.82) is 0 Å². The third-order valence-corrected chi connectivity index (χ3v) is 6.45. The highest BCUT2D eigenvalue weighted by Gasteiger charge is 2.42. The number of hydrogen-bond acceptors (Lipinski definition) is 5. The normalized spacial score (nSPS) is 20.4. The van der Waals surface area contributed by atoms with Gasteiger partial charge >= 0.3 is 0 Å². The van der Waals surface area contributed by atoms with Crippen molar-refractivity contribution in [3.63, 3.8) is 0 Å². The third kappa shape index (κ3) is 4.49. The summed E-state index contributed by atoms with van der Waals surface area (Å²) in [5.74, 6) is -2.60. The van der Waals surface area contributed by atoms with Crippen LogP contribution >= 0.6 is 0 Å². The van der Waals surface area contributed by atoms with Gasteiger partial charge in [0.2, 0.25) is 5.43 Å². The number of halogens is 2. The van der Waals surface area contributed by atoms with Crippen LogP contribution in [-0.2, 0) is 13.0 Å². The van der Waals surface area contributed by atoms with Crippen LogP contribution in [0.3, 0.4) is 0 Å². The van der Waals surface area contributed by atoms with E-state index >= 15 is 0 Å². The second kappa shape index (κ2) is 9.29. The van der Waals surface area contributed by atoms with E-state index in [1.54, 1.807) is 4.90 Å². The van der Waals surface area contributed by atoms with Gasteiger partial charge in [0.1, 0.15) is 17.8 Å². The minimum absolute atomic E-state index is 0.0255. The fraction of sp³-hybridized carbons (Fsp3) is 0.480. The van der Waals surface area contributed by atoms with Gasteiger partial charge in [0.15, 0.2) is 17.2 Å². The van der Waals surface area contributed by atoms with E-state index in [9.17, 15) is 28.3 Å². The molecule has 0 radical (unpaired) electrons. The molecule has 1 fully saturated rings. The van der Waals surface area contributed by atoms with Crippen LogP contribution in [0.15, 0.2) is 29.2 Å². The van der Waals surface area contributed by atoms with E-state index in [1.807, 2.05) is 0 Å². The van der Waals surface area contributed by atoms with Crippen LogP contribution in [0.2, 0.25) is 0 Å². The molecule has 2 aliphatic rings. The minimum atomic E-state index is -0.910. The quantitative estimate of drug-likeness (QED) is 0.653. The first-order valence-electron chi connectivity index (χ1n) is 11.5. The molecule has 4 rings (SSSR count). The number of carbonyl (C=O) groups excluding carboxylic acids is 2. The molecule has 2 atom stereocenters. The first-order valence-corrected chi connectivity index (χ1v) is 11.5. The van der Waals surface area contributed by atoms with Gasteiger partial charge in [-0.3, -0.25) is 19.3 Å². The summed E-state index contributed by atoms with van der Waals surface area (Å²) in [5.41, 5.74) is -1.11. The van der Waals surface area contributed by atoms with Crippen molar-refractivity contribution in [2.75, 3.05) is 19.6 Å². The maximum atomic E-state index is 13.9. The number of fused-ring (bicyclic) bond motifs is 2. The Labute approximate surface area is 196 Å². The number of aromatic nitrogens is 1. The van der Waals surface area contributed by atoms with Gasteiger partial charge in [0, 0.05) is 38.3 Å². The molecule has 1 amide bonds. The van der Waals surface area contributed by atoms with Gasteiger partial charge in [0.25, 0.3) is 5.91 Å². The average molecular weight is 474 g/mol. The highest BCUT2D eigenvalue weighted by Crippen LogP contribution is 2.30. The van der Waals surface area contributed by atoms with Gasteiger partial charge in [-0.15, -0.1) is 0 Å². The lowest BCUT2D eigenvalue weighted by Crippen LogP contribution is -2.63.